The molecule has 0 aliphatic rings. The first-order chi connectivity index (χ1) is 10.1. The molecule has 0 fully saturated rings. The standard InChI is InChI=1S/C16H23N5/c1-5-12(4)19-16-20-14(13-7-6-8-17-10-13)9-15(21-16)18-11(2)3/h6-12H,5H2,1-4H3,(H2,18,19,20,21)/t12-/m0/s1. The fraction of sp³-hybridized carbons (Fsp3) is 0.438. The molecule has 2 rings (SSSR count). The summed E-state index contributed by atoms with van der Waals surface area (Å²) in [4.78, 5) is 13.3. The lowest BCUT2D eigenvalue weighted by Gasteiger charge is -2.15. The van der Waals surface area contributed by atoms with E-state index in [1.165, 1.54) is 0 Å². The van der Waals surface area contributed by atoms with Crippen LogP contribution in [0.4, 0.5) is 11.8 Å². The van der Waals surface area contributed by atoms with E-state index in [0.717, 1.165) is 23.5 Å². The highest BCUT2D eigenvalue weighted by molar-refractivity contribution is 5.63. The maximum atomic E-state index is 4.60. The molecule has 0 radical (unpaired) electrons. The Labute approximate surface area is 126 Å². The predicted molar refractivity (Wildman–Crippen MR) is 87.4 cm³/mol. The molecule has 0 unspecified atom stereocenters. The highest BCUT2D eigenvalue weighted by Gasteiger charge is 2.09. The zero-order chi connectivity index (χ0) is 15.2. The average Bonchev–Trinajstić information content (AvgIpc) is 2.47. The Morgan fingerprint density at radius 3 is 2.57 bits per heavy atom. The van der Waals surface area contributed by atoms with Crippen molar-refractivity contribution >= 4 is 11.8 Å². The van der Waals surface area contributed by atoms with Crippen LogP contribution >= 0.6 is 0 Å². The number of hydrogen-bond donors (Lipinski definition) is 2. The normalized spacial score (nSPS) is 12.2. The number of nitrogens with zero attached hydrogens (tertiary/aromatic N) is 3. The molecule has 5 nitrogen and oxygen atoms in total. The second kappa shape index (κ2) is 7.02. The van der Waals surface area contributed by atoms with Gasteiger partial charge >= 0.3 is 0 Å². The number of nitrogens with one attached hydrogen (secondary N) is 2. The molecular formula is C16H23N5. The van der Waals surface area contributed by atoms with Crippen LogP contribution in [0, 0.1) is 0 Å². The third-order valence-electron chi connectivity index (χ3n) is 3.11. The van der Waals surface area contributed by atoms with Crippen LogP contribution < -0.4 is 10.6 Å². The second-order valence-electron chi connectivity index (χ2n) is 5.46. The number of hydrogen-bond acceptors (Lipinski definition) is 5. The van der Waals surface area contributed by atoms with Gasteiger partial charge in [0.15, 0.2) is 0 Å². The molecule has 0 saturated carbocycles. The zero-order valence-electron chi connectivity index (χ0n) is 13.1. The summed E-state index contributed by atoms with van der Waals surface area (Å²) in [6.45, 7) is 8.44. The van der Waals surface area contributed by atoms with E-state index in [1.807, 2.05) is 24.4 Å². The fourth-order valence-corrected chi connectivity index (χ4v) is 1.87. The summed E-state index contributed by atoms with van der Waals surface area (Å²) in [6, 6.07) is 6.52. The van der Waals surface area contributed by atoms with Crippen LogP contribution in [-0.2, 0) is 0 Å². The Bertz CT molecular complexity index is 568. The van der Waals surface area contributed by atoms with E-state index in [2.05, 4.69) is 53.3 Å². The molecule has 0 bridgehead atoms. The molecule has 0 spiro atoms. The molecule has 21 heavy (non-hydrogen) atoms. The van der Waals surface area contributed by atoms with Crippen molar-refractivity contribution in [3.05, 3.63) is 30.6 Å². The zero-order valence-corrected chi connectivity index (χ0v) is 13.1. The van der Waals surface area contributed by atoms with Crippen LogP contribution in [0.25, 0.3) is 11.3 Å². The van der Waals surface area contributed by atoms with Gasteiger partial charge in [-0.15, -0.1) is 0 Å². The van der Waals surface area contributed by atoms with Crippen molar-refractivity contribution in [2.24, 2.45) is 0 Å². The van der Waals surface area contributed by atoms with Gasteiger partial charge < -0.3 is 10.6 Å². The molecule has 0 aliphatic carbocycles. The Balaban J connectivity index is 2.37. The molecule has 0 aromatic carbocycles. The van der Waals surface area contributed by atoms with Crippen molar-refractivity contribution in [2.45, 2.75) is 46.2 Å². The van der Waals surface area contributed by atoms with Gasteiger partial charge in [0.05, 0.1) is 5.69 Å². The quantitative estimate of drug-likeness (QED) is 0.849. The molecule has 1 atom stereocenters. The Morgan fingerprint density at radius 1 is 1.14 bits per heavy atom. The summed E-state index contributed by atoms with van der Waals surface area (Å²) >= 11 is 0. The minimum Gasteiger partial charge on any atom is -0.368 e. The summed E-state index contributed by atoms with van der Waals surface area (Å²) in [6.07, 6.45) is 4.60. The minimum atomic E-state index is 0.318. The molecule has 5 heteroatoms. The topological polar surface area (TPSA) is 62.7 Å². The van der Waals surface area contributed by atoms with Crippen LogP contribution in [0.2, 0.25) is 0 Å². The maximum Gasteiger partial charge on any atom is 0.225 e. The smallest absolute Gasteiger partial charge is 0.225 e. The van der Waals surface area contributed by atoms with E-state index in [0.29, 0.717) is 18.0 Å². The number of anilines is 2. The van der Waals surface area contributed by atoms with Gasteiger partial charge in [-0.2, -0.15) is 4.98 Å². The second-order valence-corrected chi connectivity index (χ2v) is 5.46. The van der Waals surface area contributed by atoms with Crippen molar-refractivity contribution in [1.29, 1.82) is 0 Å². The van der Waals surface area contributed by atoms with E-state index < -0.39 is 0 Å². The monoisotopic (exact) mass is 285 g/mol. The van der Waals surface area contributed by atoms with E-state index >= 15 is 0 Å². The summed E-state index contributed by atoms with van der Waals surface area (Å²) in [5, 5.41) is 6.67. The third-order valence-corrected chi connectivity index (χ3v) is 3.11. The molecule has 2 aromatic heterocycles. The molecule has 0 aliphatic heterocycles. The van der Waals surface area contributed by atoms with E-state index in [9.17, 15) is 0 Å². The molecule has 2 heterocycles. The van der Waals surface area contributed by atoms with Crippen LogP contribution in [-0.4, -0.2) is 27.0 Å². The van der Waals surface area contributed by atoms with Crippen molar-refractivity contribution in [2.75, 3.05) is 10.6 Å². The van der Waals surface area contributed by atoms with Gasteiger partial charge in [-0.3, -0.25) is 4.98 Å². The fourth-order valence-electron chi connectivity index (χ4n) is 1.87. The van der Waals surface area contributed by atoms with Gasteiger partial charge in [0.25, 0.3) is 0 Å². The minimum absolute atomic E-state index is 0.318. The molecule has 2 aromatic rings. The first-order valence-electron chi connectivity index (χ1n) is 7.41. The van der Waals surface area contributed by atoms with Gasteiger partial charge in [-0.05, 0) is 39.3 Å². The van der Waals surface area contributed by atoms with Crippen molar-refractivity contribution in [3.8, 4) is 11.3 Å². The highest BCUT2D eigenvalue weighted by Crippen LogP contribution is 2.21. The lowest BCUT2D eigenvalue weighted by molar-refractivity contribution is 0.752. The van der Waals surface area contributed by atoms with Gasteiger partial charge in [0.2, 0.25) is 5.95 Å². The number of rotatable bonds is 6. The molecule has 112 valence electrons. The van der Waals surface area contributed by atoms with Crippen molar-refractivity contribution < 1.29 is 0 Å². The van der Waals surface area contributed by atoms with Gasteiger partial charge in [0.1, 0.15) is 5.82 Å². The lowest BCUT2D eigenvalue weighted by atomic mass is 10.2. The molecule has 0 amide bonds. The largest absolute Gasteiger partial charge is 0.368 e. The predicted octanol–water partition coefficient (Wildman–Crippen LogP) is 3.57. The van der Waals surface area contributed by atoms with E-state index in [4.69, 9.17) is 0 Å². The molecular weight excluding hydrogens is 262 g/mol. The third kappa shape index (κ3) is 4.41. The van der Waals surface area contributed by atoms with E-state index in [1.54, 1.807) is 6.20 Å². The van der Waals surface area contributed by atoms with Gasteiger partial charge in [-0.25, -0.2) is 4.98 Å². The highest BCUT2D eigenvalue weighted by atomic mass is 15.2. The summed E-state index contributed by atoms with van der Waals surface area (Å²) in [5.41, 5.74) is 1.85. The molecule has 2 N–H and O–H groups in total. The number of aromatic nitrogens is 3. The molecule has 0 saturated heterocycles. The Kier molecular flexibility index (Phi) is 5.09. The van der Waals surface area contributed by atoms with Crippen LogP contribution in [0.5, 0.6) is 0 Å². The first-order valence-corrected chi connectivity index (χ1v) is 7.41. The van der Waals surface area contributed by atoms with Gasteiger partial charge in [0, 0.05) is 36.1 Å². The first kappa shape index (κ1) is 15.2. The summed E-state index contributed by atoms with van der Waals surface area (Å²) < 4.78 is 0. The van der Waals surface area contributed by atoms with E-state index in [-0.39, 0.29) is 0 Å². The van der Waals surface area contributed by atoms with Crippen molar-refractivity contribution in [1.82, 2.24) is 15.0 Å². The van der Waals surface area contributed by atoms with Crippen molar-refractivity contribution in [3.63, 3.8) is 0 Å². The Hall–Kier alpha value is -2.17. The average molecular weight is 285 g/mol. The summed E-state index contributed by atoms with van der Waals surface area (Å²) in [7, 11) is 0. The van der Waals surface area contributed by atoms with Crippen LogP contribution in [0.15, 0.2) is 30.6 Å². The Morgan fingerprint density at radius 2 is 1.95 bits per heavy atom. The maximum absolute atomic E-state index is 4.60. The SMILES string of the molecule is CC[C@H](C)Nc1nc(NC(C)C)cc(-c2cccnc2)n1. The number of pyridine rings is 1. The van der Waals surface area contributed by atoms with Crippen LogP contribution in [0.1, 0.15) is 34.1 Å². The van der Waals surface area contributed by atoms with Gasteiger partial charge in [-0.1, -0.05) is 6.92 Å². The lowest BCUT2D eigenvalue weighted by Crippen LogP contribution is -2.18. The van der Waals surface area contributed by atoms with Crippen LogP contribution in [0.3, 0.4) is 0 Å². The summed E-state index contributed by atoms with van der Waals surface area (Å²) in [5.74, 6) is 1.47.